The highest BCUT2D eigenvalue weighted by Crippen LogP contribution is 2.33. The SMILES string of the molecule is COCC(C)NC(=O)CSc1nnc(-c2ccccc2OC)n1-c1ccc(Cl)cc1. The number of rotatable bonds is 9. The third-order valence-electron chi connectivity index (χ3n) is 4.22. The molecular weight excluding hydrogens is 424 g/mol. The van der Waals surface area contributed by atoms with E-state index in [0.29, 0.717) is 28.4 Å². The van der Waals surface area contributed by atoms with E-state index in [1.165, 1.54) is 11.8 Å². The zero-order valence-electron chi connectivity index (χ0n) is 17.0. The fourth-order valence-electron chi connectivity index (χ4n) is 2.93. The van der Waals surface area contributed by atoms with Crippen LogP contribution in [0.1, 0.15) is 6.92 Å². The summed E-state index contributed by atoms with van der Waals surface area (Å²) in [6.45, 7) is 2.34. The van der Waals surface area contributed by atoms with Crippen LogP contribution in [0.3, 0.4) is 0 Å². The first-order valence-electron chi connectivity index (χ1n) is 9.29. The van der Waals surface area contributed by atoms with Gasteiger partial charge in [-0.2, -0.15) is 0 Å². The lowest BCUT2D eigenvalue weighted by atomic mass is 10.2. The van der Waals surface area contributed by atoms with Crippen molar-refractivity contribution in [2.75, 3.05) is 26.6 Å². The van der Waals surface area contributed by atoms with Crippen molar-refractivity contribution in [1.82, 2.24) is 20.1 Å². The third kappa shape index (κ3) is 5.33. The van der Waals surface area contributed by atoms with Gasteiger partial charge < -0.3 is 14.8 Å². The van der Waals surface area contributed by atoms with Crippen LogP contribution in [0.25, 0.3) is 17.1 Å². The number of thioether (sulfide) groups is 1. The Morgan fingerprint density at radius 3 is 2.60 bits per heavy atom. The molecule has 0 fully saturated rings. The average Bonchev–Trinajstić information content (AvgIpc) is 3.16. The van der Waals surface area contributed by atoms with Gasteiger partial charge in [0.05, 0.1) is 25.0 Å². The van der Waals surface area contributed by atoms with Crippen molar-refractivity contribution in [2.45, 2.75) is 18.1 Å². The van der Waals surface area contributed by atoms with E-state index in [4.69, 9.17) is 21.1 Å². The Morgan fingerprint density at radius 1 is 1.17 bits per heavy atom. The molecule has 2 aromatic carbocycles. The van der Waals surface area contributed by atoms with E-state index in [2.05, 4.69) is 15.5 Å². The van der Waals surface area contributed by atoms with Crippen LogP contribution in [0.15, 0.2) is 53.7 Å². The molecule has 0 spiro atoms. The predicted octanol–water partition coefficient (Wildman–Crippen LogP) is 3.84. The Labute approximate surface area is 184 Å². The van der Waals surface area contributed by atoms with Gasteiger partial charge in [-0.3, -0.25) is 9.36 Å². The molecule has 30 heavy (non-hydrogen) atoms. The molecule has 0 radical (unpaired) electrons. The smallest absolute Gasteiger partial charge is 0.230 e. The minimum atomic E-state index is -0.103. The number of nitrogens with one attached hydrogen (secondary N) is 1. The third-order valence-corrected chi connectivity index (χ3v) is 5.40. The molecule has 1 heterocycles. The minimum Gasteiger partial charge on any atom is -0.496 e. The standard InChI is InChI=1S/C21H23ClN4O3S/c1-14(12-28-2)23-19(27)13-30-21-25-24-20(17-6-4-5-7-18(17)29-3)26(21)16-10-8-15(22)9-11-16/h4-11,14H,12-13H2,1-3H3,(H,23,27). The highest BCUT2D eigenvalue weighted by Gasteiger charge is 2.20. The van der Waals surface area contributed by atoms with E-state index in [9.17, 15) is 4.79 Å². The first-order chi connectivity index (χ1) is 14.5. The summed E-state index contributed by atoms with van der Waals surface area (Å²) in [7, 11) is 3.22. The van der Waals surface area contributed by atoms with Gasteiger partial charge in [-0.1, -0.05) is 35.5 Å². The van der Waals surface area contributed by atoms with E-state index in [1.807, 2.05) is 47.9 Å². The molecule has 9 heteroatoms. The summed E-state index contributed by atoms with van der Waals surface area (Å²) in [6, 6.07) is 14.9. The molecule has 1 unspecified atom stereocenters. The molecule has 0 aliphatic heterocycles. The number of amides is 1. The Balaban J connectivity index is 1.93. The number of hydrogen-bond acceptors (Lipinski definition) is 6. The number of hydrogen-bond donors (Lipinski definition) is 1. The van der Waals surface area contributed by atoms with Crippen molar-refractivity contribution in [3.63, 3.8) is 0 Å². The summed E-state index contributed by atoms with van der Waals surface area (Å²) < 4.78 is 12.4. The summed E-state index contributed by atoms with van der Waals surface area (Å²) in [5.74, 6) is 1.40. The molecule has 1 aromatic heterocycles. The van der Waals surface area contributed by atoms with Crippen molar-refractivity contribution in [1.29, 1.82) is 0 Å². The fraction of sp³-hybridized carbons (Fsp3) is 0.286. The number of halogens is 1. The first kappa shape index (κ1) is 22.1. The Bertz CT molecular complexity index is 994. The topological polar surface area (TPSA) is 78.3 Å². The van der Waals surface area contributed by atoms with E-state index in [-0.39, 0.29) is 17.7 Å². The lowest BCUT2D eigenvalue weighted by molar-refractivity contribution is -0.119. The van der Waals surface area contributed by atoms with Crippen LogP contribution in [-0.4, -0.2) is 53.3 Å². The lowest BCUT2D eigenvalue weighted by Gasteiger charge is -2.14. The minimum absolute atomic E-state index is 0.0682. The van der Waals surface area contributed by atoms with Crippen molar-refractivity contribution >= 4 is 29.3 Å². The maximum atomic E-state index is 12.3. The van der Waals surface area contributed by atoms with Gasteiger partial charge in [0.15, 0.2) is 11.0 Å². The normalized spacial score (nSPS) is 11.9. The quantitative estimate of drug-likeness (QED) is 0.503. The Morgan fingerprint density at radius 2 is 1.90 bits per heavy atom. The largest absolute Gasteiger partial charge is 0.496 e. The number of benzene rings is 2. The van der Waals surface area contributed by atoms with Crippen LogP contribution in [0.5, 0.6) is 5.75 Å². The summed E-state index contributed by atoms with van der Waals surface area (Å²) in [4.78, 5) is 12.3. The van der Waals surface area contributed by atoms with E-state index in [1.54, 1.807) is 26.4 Å². The molecule has 1 amide bonds. The second-order valence-electron chi connectivity index (χ2n) is 6.53. The van der Waals surface area contributed by atoms with Gasteiger partial charge in [-0.25, -0.2) is 0 Å². The van der Waals surface area contributed by atoms with Crippen molar-refractivity contribution in [2.24, 2.45) is 0 Å². The molecule has 7 nitrogen and oxygen atoms in total. The Hall–Kier alpha value is -2.55. The van der Waals surface area contributed by atoms with Gasteiger partial charge in [0.1, 0.15) is 5.75 Å². The van der Waals surface area contributed by atoms with Gasteiger partial charge in [0.25, 0.3) is 0 Å². The van der Waals surface area contributed by atoms with Gasteiger partial charge in [-0.15, -0.1) is 10.2 Å². The zero-order valence-corrected chi connectivity index (χ0v) is 18.5. The van der Waals surface area contributed by atoms with Gasteiger partial charge >= 0.3 is 0 Å². The van der Waals surface area contributed by atoms with E-state index >= 15 is 0 Å². The molecule has 0 bridgehead atoms. The number of para-hydroxylation sites is 1. The zero-order chi connectivity index (χ0) is 21.5. The Kier molecular flexibility index (Phi) is 7.73. The molecule has 158 valence electrons. The van der Waals surface area contributed by atoms with Crippen molar-refractivity contribution in [3.05, 3.63) is 53.6 Å². The van der Waals surface area contributed by atoms with Crippen molar-refractivity contribution < 1.29 is 14.3 Å². The highest BCUT2D eigenvalue weighted by molar-refractivity contribution is 7.99. The maximum Gasteiger partial charge on any atom is 0.230 e. The van der Waals surface area contributed by atoms with E-state index in [0.717, 1.165) is 11.3 Å². The van der Waals surface area contributed by atoms with Gasteiger partial charge in [0, 0.05) is 23.9 Å². The fourth-order valence-corrected chi connectivity index (χ4v) is 3.82. The summed E-state index contributed by atoms with van der Waals surface area (Å²) >= 11 is 7.37. The molecule has 3 rings (SSSR count). The number of carbonyl (C=O) groups is 1. The molecular formula is C21H23ClN4O3S. The average molecular weight is 447 g/mol. The van der Waals surface area contributed by atoms with E-state index < -0.39 is 0 Å². The monoisotopic (exact) mass is 446 g/mol. The van der Waals surface area contributed by atoms with Crippen LogP contribution in [0, 0.1) is 0 Å². The molecule has 3 aromatic rings. The van der Waals surface area contributed by atoms with Gasteiger partial charge in [0.2, 0.25) is 5.91 Å². The molecule has 0 aliphatic carbocycles. The molecule has 0 saturated carbocycles. The lowest BCUT2D eigenvalue weighted by Crippen LogP contribution is -2.36. The number of carbonyl (C=O) groups excluding carboxylic acids is 1. The molecule has 1 N–H and O–H groups in total. The number of nitrogens with zero attached hydrogens (tertiary/aromatic N) is 3. The number of ether oxygens (including phenoxy) is 2. The number of methoxy groups -OCH3 is 2. The maximum absolute atomic E-state index is 12.3. The molecule has 0 aliphatic rings. The predicted molar refractivity (Wildman–Crippen MR) is 119 cm³/mol. The summed E-state index contributed by atoms with van der Waals surface area (Å²) in [6.07, 6.45) is 0. The molecule has 0 saturated heterocycles. The van der Waals surface area contributed by atoms with Crippen LogP contribution >= 0.6 is 23.4 Å². The van der Waals surface area contributed by atoms with Crippen LogP contribution in [0.4, 0.5) is 0 Å². The second-order valence-corrected chi connectivity index (χ2v) is 7.91. The summed E-state index contributed by atoms with van der Waals surface area (Å²) in [5.41, 5.74) is 1.63. The first-order valence-corrected chi connectivity index (χ1v) is 10.7. The van der Waals surface area contributed by atoms with Crippen molar-refractivity contribution in [3.8, 4) is 22.8 Å². The van der Waals surface area contributed by atoms with Crippen LogP contribution in [0.2, 0.25) is 5.02 Å². The molecule has 1 atom stereocenters. The second kappa shape index (κ2) is 10.5. The highest BCUT2D eigenvalue weighted by atomic mass is 35.5. The number of aromatic nitrogens is 3. The van der Waals surface area contributed by atoms with Crippen LogP contribution < -0.4 is 10.1 Å². The summed E-state index contributed by atoms with van der Waals surface area (Å²) in [5, 5.41) is 12.8. The van der Waals surface area contributed by atoms with Crippen LogP contribution in [-0.2, 0) is 9.53 Å². The van der Waals surface area contributed by atoms with Gasteiger partial charge in [-0.05, 0) is 43.3 Å².